The van der Waals surface area contributed by atoms with Gasteiger partial charge in [0, 0.05) is 0 Å². The molecule has 40 valence electrons. The molecule has 0 amide bonds. The maximum Gasteiger partial charge on any atom is 0.103 e. The van der Waals surface area contributed by atoms with Gasteiger partial charge in [0.1, 0.15) is 13.2 Å². The topological polar surface area (TPSA) is 50.5 Å². The zero-order chi connectivity index (χ0) is 5.70. The summed E-state index contributed by atoms with van der Waals surface area (Å²) >= 11 is 0. The zero-order valence-corrected chi connectivity index (χ0v) is 4.09. The molecule has 0 aromatic rings. The lowest BCUT2D eigenvalue weighted by Gasteiger charge is -1.92. The summed E-state index contributed by atoms with van der Waals surface area (Å²) in [5.41, 5.74) is 2.25. The lowest BCUT2D eigenvalue weighted by atomic mass is 11.1. The average molecular weight is 101 g/mol. The first-order valence-corrected chi connectivity index (χ1v) is 1.75. The van der Waals surface area contributed by atoms with E-state index in [0.717, 1.165) is 0 Å². The van der Waals surface area contributed by atoms with Gasteiger partial charge in [-0.3, -0.25) is 0 Å². The molecule has 0 aromatic carbocycles. The summed E-state index contributed by atoms with van der Waals surface area (Å²) < 4.78 is 0. The van der Waals surface area contributed by atoms with Crippen LogP contribution in [0.1, 0.15) is 0 Å². The summed E-state index contributed by atoms with van der Waals surface area (Å²) in [6, 6.07) is 0. The van der Waals surface area contributed by atoms with Crippen molar-refractivity contribution in [1.82, 2.24) is 5.43 Å². The smallest absolute Gasteiger partial charge is 0.103 e. The van der Waals surface area contributed by atoms with Gasteiger partial charge in [0.2, 0.25) is 0 Å². The molecule has 0 aromatic heterocycles. The van der Waals surface area contributed by atoms with Gasteiger partial charge in [-0.25, -0.2) is 0 Å². The molecule has 4 heteroatoms. The Morgan fingerprint density at radius 3 is 2.71 bits per heavy atom. The summed E-state index contributed by atoms with van der Waals surface area (Å²) in [4.78, 5) is 0.404. The summed E-state index contributed by atoms with van der Waals surface area (Å²) in [7, 11) is 1.27. The van der Waals surface area contributed by atoms with Gasteiger partial charge < -0.3 is 5.21 Å². The normalized spacial score (nSPS) is 10.7. The fourth-order valence-corrected chi connectivity index (χ4v) is 0.122. The van der Waals surface area contributed by atoms with Gasteiger partial charge in [0.05, 0.1) is 5.22 Å². The average Bonchev–Trinajstić information content (AvgIpc) is 1.61. The van der Waals surface area contributed by atoms with Gasteiger partial charge in [0.25, 0.3) is 0 Å². The van der Waals surface area contributed by atoms with Crippen LogP contribution in [0, 0.1) is 5.21 Å². The Labute approximate surface area is 41.7 Å². The van der Waals surface area contributed by atoms with Crippen molar-refractivity contribution >= 4 is 0 Å². The van der Waals surface area contributed by atoms with Crippen molar-refractivity contribution in [3.05, 3.63) is 18.0 Å². The molecule has 0 spiro atoms. The van der Waals surface area contributed by atoms with E-state index in [1.165, 1.54) is 13.2 Å². The highest BCUT2D eigenvalue weighted by molar-refractivity contribution is 4.54. The van der Waals surface area contributed by atoms with Gasteiger partial charge in [0.15, 0.2) is 0 Å². The van der Waals surface area contributed by atoms with E-state index >= 15 is 0 Å². The standard InChI is InChI=1S/C3H7N3O/c1-3-4-5-6(2)7/h3-4H,1H2,2H3. The van der Waals surface area contributed by atoms with E-state index < -0.39 is 0 Å². The van der Waals surface area contributed by atoms with Gasteiger partial charge in [-0.2, -0.15) is 10.3 Å². The molecule has 0 radical (unpaired) electrons. The molecular formula is C3H7N3O. The number of nitrogens with one attached hydrogen (secondary N) is 1. The molecule has 0 aliphatic rings. The van der Waals surface area contributed by atoms with E-state index in [1.807, 2.05) is 0 Å². The minimum Gasteiger partial charge on any atom is -0.696 e. The third-order valence-electron chi connectivity index (χ3n) is 0.290. The summed E-state index contributed by atoms with van der Waals surface area (Å²) in [6.45, 7) is 3.26. The molecule has 0 aliphatic carbocycles. The largest absolute Gasteiger partial charge is 0.696 e. The molecule has 0 bridgehead atoms. The van der Waals surface area contributed by atoms with E-state index in [9.17, 15) is 5.21 Å². The third-order valence-corrected chi connectivity index (χ3v) is 0.290. The van der Waals surface area contributed by atoms with Crippen molar-refractivity contribution in [2.45, 2.75) is 0 Å². The van der Waals surface area contributed by atoms with Gasteiger partial charge in [-0.15, -0.1) is 0 Å². The van der Waals surface area contributed by atoms with Crippen molar-refractivity contribution in [1.29, 1.82) is 0 Å². The van der Waals surface area contributed by atoms with Crippen LogP contribution in [0.2, 0.25) is 0 Å². The highest BCUT2D eigenvalue weighted by atomic mass is 16.5. The predicted octanol–water partition coefficient (Wildman–Crippen LogP) is 0.227. The van der Waals surface area contributed by atoms with Crippen LogP contribution in [-0.4, -0.2) is 11.9 Å². The Morgan fingerprint density at radius 1 is 2.00 bits per heavy atom. The second-order valence-electron chi connectivity index (χ2n) is 0.897. The number of hydroxylamine groups is 1. The Hall–Kier alpha value is -1.06. The van der Waals surface area contributed by atoms with E-state index in [2.05, 4.69) is 17.2 Å². The second kappa shape index (κ2) is 3.14. The van der Waals surface area contributed by atoms with Gasteiger partial charge in [-0.1, -0.05) is 6.58 Å². The van der Waals surface area contributed by atoms with E-state index in [4.69, 9.17) is 0 Å². The fraction of sp³-hybridized carbons (Fsp3) is 0.333. The second-order valence-corrected chi connectivity index (χ2v) is 0.897. The Bertz CT molecular complexity index is 84.2. The highest BCUT2D eigenvalue weighted by Gasteiger charge is 1.68. The SMILES string of the molecule is C=CNN=[N+](C)[O-]. The zero-order valence-electron chi connectivity index (χ0n) is 4.09. The summed E-state index contributed by atoms with van der Waals surface area (Å²) in [5, 5.41) is 13.0. The summed E-state index contributed by atoms with van der Waals surface area (Å²) in [5.74, 6) is 0. The first-order chi connectivity index (χ1) is 3.27. The molecule has 0 rings (SSSR count). The van der Waals surface area contributed by atoms with Crippen molar-refractivity contribution in [3.63, 3.8) is 0 Å². The quantitative estimate of drug-likeness (QED) is 0.307. The number of nitrogens with zero attached hydrogens (tertiary/aromatic N) is 2. The molecule has 0 saturated carbocycles. The van der Waals surface area contributed by atoms with Crippen LogP contribution in [0.4, 0.5) is 0 Å². The summed E-state index contributed by atoms with van der Waals surface area (Å²) in [6.07, 6.45) is 1.31. The van der Waals surface area contributed by atoms with Crippen LogP contribution < -0.4 is 5.43 Å². The molecule has 0 heterocycles. The highest BCUT2D eigenvalue weighted by Crippen LogP contribution is 1.59. The van der Waals surface area contributed by atoms with Crippen LogP contribution >= 0.6 is 0 Å². The van der Waals surface area contributed by atoms with Gasteiger partial charge >= 0.3 is 0 Å². The predicted molar refractivity (Wildman–Crippen MR) is 25.3 cm³/mol. The van der Waals surface area contributed by atoms with E-state index in [-0.39, 0.29) is 0 Å². The van der Waals surface area contributed by atoms with Crippen molar-refractivity contribution in [2.24, 2.45) is 5.22 Å². The number of hydrogen-bond donors (Lipinski definition) is 1. The molecule has 1 N–H and O–H groups in total. The van der Waals surface area contributed by atoms with Crippen molar-refractivity contribution in [2.75, 3.05) is 7.05 Å². The lowest BCUT2D eigenvalue weighted by Crippen LogP contribution is -1.99. The van der Waals surface area contributed by atoms with Crippen LogP contribution in [0.25, 0.3) is 0 Å². The van der Waals surface area contributed by atoms with Crippen LogP contribution in [-0.2, 0) is 0 Å². The third kappa shape index (κ3) is 4.94. The molecule has 0 unspecified atom stereocenters. The molecule has 0 aliphatic heterocycles. The minimum atomic E-state index is 0.404. The minimum absolute atomic E-state index is 0.404. The first kappa shape index (κ1) is 5.94. The Morgan fingerprint density at radius 2 is 2.57 bits per heavy atom. The number of hydrogen-bond acceptors (Lipinski definition) is 2. The molecular weight excluding hydrogens is 94.1 g/mol. The Kier molecular flexibility index (Phi) is 2.67. The lowest BCUT2D eigenvalue weighted by molar-refractivity contribution is -0.503. The number of rotatable bonds is 2. The van der Waals surface area contributed by atoms with E-state index in [1.54, 1.807) is 0 Å². The van der Waals surface area contributed by atoms with Gasteiger partial charge in [-0.05, 0) is 0 Å². The fourth-order valence-electron chi connectivity index (χ4n) is 0.122. The van der Waals surface area contributed by atoms with Crippen LogP contribution in [0.3, 0.4) is 0 Å². The molecule has 0 fully saturated rings. The molecule has 0 saturated heterocycles. The molecule has 7 heavy (non-hydrogen) atoms. The van der Waals surface area contributed by atoms with E-state index in [0.29, 0.717) is 4.86 Å². The maximum absolute atomic E-state index is 9.84. The van der Waals surface area contributed by atoms with Crippen molar-refractivity contribution in [3.8, 4) is 0 Å². The van der Waals surface area contributed by atoms with Crippen LogP contribution in [0.5, 0.6) is 0 Å². The maximum atomic E-state index is 9.84. The Balaban J connectivity index is 3.25. The molecule has 0 atom stereocenters. The monoisotopic (exact) mass is 101 g/mol. The molecule has 4 nitrogen and oxygen atoms in total. The first-order valence-electron chi connectivity index (χ1n) is 1.75. The van der Waals surface area contributed by atoms with Crippen molar-refractivity contribution < 1.29 is 4.86 Å². The van der Waals surface area contributed by atoms with Crippen LogP contribution in [0.15, 0.2) is 18.0 Å².